The number of hydrogen-bond donors (Lipinski definition) is 2. The van der Waals surface area contributed by atoms with Crippen LogP contribution in [-0.4, -0.2) is 83.3 Å². The van der Waals surface area contributed by atoms with Gasteiger partial charge in [0.05, 0.1) is 35.5 Å². The highest BCUT2D eigenvalue weighted by Gasteiger charge is 2.29. The van der Waals surface area contributed by atoms with Gasteiger partial charge >= 0.3 is 0 Å². The molecule has 1 saturated heterocycles. The predicted molar refractivity (Wildman–Crippen MR) is 144 cm³/mol. The molecule has 1 aliphatic rings. The highest BCUT2D eigenvalue weighted by atomic mass is 16.5. The van der Waals surface area contributed by atoms with Crippen LogP contribution < -0.4 is 34.3 Å². The van der Waals surface area contributed by atoms with Gasteiger partial charge in [-0.3, -0.25) is 14.4 Å². The van der Waals surface area contributed by atoms with Crippen LogP contribution >= 0.6 is 0 Å². The number of hydrogen-bond acceptors (Lipinski definition) is 8. The Labute approximate surface area is 228 Å². The third-order valence-corrected chi connectivity index (χ3v) is 6.62. The van der Waals surface area contributed by atoms with E-state index in [1.807, 2.05) is 6.07 Å². The van der Waals surface area contributed by atoms with Crippen molar-refractivity contribution in [3.05, 3.63) is 41.5 Å². The molecule has 0 radical (unpaired) electrons. The van der Waals surface area contributed by atoms with E-state index in [2.05, 4.69) is 10.6 Å². The fourth-order valence-electron chi connectivity index (χ4n) is 4.61. The van der Waals surface area contributed by atoms with E-state index >= 15 is 0 Å². The summed E-state index contributed by atoms with van der Waals surface area (Å²) in [6.45, 7) is 2.30. The second-order valence-corrected chi connectivity index (χ2v) is 9.14. The van der Waals surface area contributed by atoms with Gasteiger partial charge in [-0.1, -0.05) is 6.07 Å². The Morgan fingerprint density at radius 1 is 0.846 bits per heavy atom. The van der Waals surface area contributed by atoms with E-state index in [9.17, 15) is 14.4 Å². The van der Waals surface area contributed by atoms with Crippen LogP contribution in [0.1, 0.15) is 35.7 Å². The lowest BCUT2D eigenvalue weighted by atomic mass is 10.0. The van der Waals surface area contributed by atoms with Crippen molar-refractivity contribution in [3.8, 4) is 28.7 Å². The molecule has 1 heterocycles. The van der Waals surface area contributed by atoms with Crippen LogP contribution in [0.2, 0.25) is 0 Å². The van der Waals surface area contributed by atoms with Crippen LogP contribution in [0.25, 0.3) is 0 Å². The van der Waals surface area contributed by atoms with Gasteiger partial charge in [0.2, 0.25) is 17.6 Å². The Bertz CT molecular complexity index is 1150. The molecule has 212 valence electrons. The van der Waals surface area contributed by atoms with Gasteiger partial charge in [-0.25, -0.2) is 0 Å². The summed E-state index contributed by atoms with van der Waals surface area (Å²) in [6.07, 6.45) is 1.43. The summed E-state index contributed by atoms with van der Waals surface area (Å²) in [5.74, 6) is 1.59. The van der Waals surface area contributed by atoms with Crippen LogP contribution in [-0.2, 0) is 16.0 Å². The number of benzene rings is 2. The fourth-order valence-corrected chi connectivity index (χ4v) is 4.61. The van der Waals surface area contributed by atoms with Gasteiger partial charge < -0.3 is 39.2 Å². The maximum Gasteiger partial charge on any atom is 0.254 e. The molecule has 0 aliphatic carbocycles. The Kier molecular flexibility index (Phi) is 10.2. The highest BCUT2D eigenvalue weighted by Crippen LogP contribution is 2.38. The van der Waals surface area contributed by atoms with Gasteiger partial charge in [0.15, 0.2) is 23.0 Å². The van der Waals surface area contributed by atoms with Crippen molar-refractivity contribution in [3.63, 3.8) is 0 Å². The lowest BCUT2D eigenvalue weighted by molar-refractivity contribution is -0.128. The largest absolute Gasteiger partial charge is 0.493 e. The number of ether oxygens (including phenoxy) is 5. The summed E-state index contributed by atoms with van der Waals surface area (Å²) < 4.78 is 26.7. The molecule has 1 fully saturated rings. The smallest absolute Gasteiger partial charge is 0.254 e. The highest BCUT2D eigenvalue weighted by molar-refractivity contribution is 5.95. The molecule has 2 N–H and O–H groups in total. The summed E-state index contributed by atoms with van der Waals surface area (Å²) in [5.41, 5.74) is 1.24. The quantitative estimate of drug-likeness (QED) is 0.442. The lowest BCUT2D eigenvalue weighted by Crippen LogP contribution is -2.53. The van der Waals surface area contributed by atoms with Gasteiger partial charge in [0.25, 0.3) is 5.91 Å². The number of carbonyl (C=O) groups is 3. The third kappa shape index (κ3) is 7.24. The molecule has 2 aromatic carbocycles. The van der Waals surface area contributed by atoms with E-state index in [0.29, 0.717) is 60.2 Å². The van der Waals surface area contributed by atoms with Crippen molar-refractivity contribution in [2.24, 2.45) is 0 Å². The molecule has 0 unspecified atom stereocenters. The molecule has 0 spiro atoms. The molecule has 39 heavy (non-hydrogen) atoms. The first kappa shape index (κ1) is 29.4. The number of nitrogens with zero attached hydrogens (tertiary/aromatic N) is 1. The first-order valence-electron chi connectivity index (χ1n) is 12.6. The van der Waals surface area contributed by atoms with Gasteiger partial charge in [0, 0.05) is 38.0 Å². The third-order valence-electron chi connectivity index (χ3n) is 6.62. The topological polar surface area (TPSA) is 125 Å². The van der Waals surface area contributed by atoms with Gasteiger partial charge in [-0.2, -0.15) is 0 Å². The molecule has 3 amide bonds. The molecule has 0 bridgehead atoms. The van der Waals surface area contributed by atoms with E-state index in [0.717, 1.165) is 5.56 Å². The standard InChI is InChI=1S/C28H37N3O8/c1-17(32)29-21(13-18-7-8-22(35-2)23(14-18)36-3)27(33)30-20-9-11-31(12-10-20)28(34)19-15-24(37-4)26(39-6)25(16-19)38-5/h7-8,14-16,20-21H,9-13H2,1-6H3,(H,29,32)(H,30,33)/t21-/m0/s1. The first-order valence-corrected chi connectivity index (χ1v) is 12.6. The van der Waals surface area contributed by atoms with Gasteiger partial charge in [-0.15, -0.1) is 0 Å². The van der Waals surface area contributed by atoms with Crippen LogP contribution in [0.3, 0.4) is 0 Å². The fraction of sp³-hybridized carbons (Fsp3) is 0.464. The summed E-state index contributed by atoms with van der Waals surface area (Å²) >= 11 is 0. The monoisotopic (exact) mass is 543 g/mol. The zero-order valence-electron chi connectivity index (χ0n) is 23.3. The zero-order chi connectivity index (χ0) is 28.5. The Balaban J connectivity index is 1.64. The van der Waals surface area contributed by atoms with E-state index < -0.39 is 6.04 Å². The van der Waals surface area contributed by atoms with Crippen LogP contribution in [0.5, 0.6) is 28.7 Å². The number of rotatable bonds is 11. The lowest BCUT2D eigenvalue weighted by Gasteiger charge is -2.33. The van der Waals surface area contributed by atoms with E-state index in [1.165, 1.54) is 28.3 Å². The number of amides is 3. The second kappa shape index (κ2) is 13.6. The minimum atomic E-state index is -0.764. The average Bonchev–Trinajstić information content (AvgIpc) is 2.95. The molecule has 0 aromatic heterocycles. The Morgan fingerprint density at radius 2 is 1.44 bits per heavy atom. The normalized spacial score (nSPS) is 14.2. The van der Waals surface area contributed by atoms with E-state index in [4.69, 9.17) is 23.7 Å². The second-order valence-electron chi connectivity index (χ2n) is 9.14. The molecule has 0 saturated carbocycles. The predicted octanol–water partition coefficient (Wildman–Crippen LogP) is 2.20. The maximum atomic E-state index is 13.2. The molecule has 1 atom stereocenters. The Morgan fingerprint density at radius 3 is 1.95 bits per heavy atom. The number of likely N-dealkylation sites (tertiary alicyclic amines) is 1. The van der Waals surface area contributed by atoms with Crippen LogP contribution in [0, 0.1) is 0 Å². The minimum Gasteiger partial charge on any atom is -0.493 e. The molecular formula is C28H37N3O8. The number of methoxy groups -OCH3 is 5. The summed E-state index contributed by atoms with van der Waals surface area (Å²) in [7, 11) is 7.59. The molecule has 11 nitrogen and oxygen atoms in total. The van der Waals surface area contributed by atoms with Crippen molar-refractivity contribution >= 4 is 17.7 Å². The van der Waals surface area contributed by atoms with Crippen LogP contribution in [0.4, 0.5) is 0 Å². The summed E-state index contributed by atoms with van der Waals surface area (Å²) in [5, 5.41) is 5.78. The SMILES string of the molecule is COc1ccc(C[C@H](NC(C)=O)C(=O)NC2CCN(C(=O)c3cc(OC)c(OC)c(OC)c3)CC2)cc1OC. The van der Waals surface area contributed by atoms with Crippen molar-refractivity contribution in [2.45, 2.75) is 38.3 Å². The van der Waals surface area contributed by atoms with Gasteiger partial charge in [-0.05, 0) is 42.7 Å². The number of nitrogens with one attached hydrogen (secondary N) is 2. The van der Waals surface area contributed by atoms with Crippen molar-refractivity contribution < 1.29 is 38.1 Å². The van der Waals surface area contributed by atoms with E-state index in [-0.39, 0.29) is 30.2 Å². The summed E-state index contributed by atoms with van der Waals surface area (Å²) in [6, 6.07) is 7.73. The molecule has 2 aromatic rings. The summed E-state index contributed by atoms with van der Waals surface area (Å²) in [4.78, 5) is 40.0. The Hall–Kier alpha value is -4.15. The molecular weight excluding hydrogens is 506 g/mol. The number of piperidine rings is 1. The van der Waals surface area contributed by atoms with Gasteiger partial charge in [0.1, 0.15) is 6.04 Å². The van der Waals surface area contributed by atoms with Crippen LogP contribution in [0.15, 0.2) is 30.3 Å². The van der Waals surface area contributed by atoms with Crippen molar-refractivity contribution in [1.82, 2.24) is 15.5 Å². The van der Waals surface area contributed by atoms with E-state index in [1.54, 1.807) is 43.4 Å². The minimum absolute atomic E-state index is 0.136. The molecule has 3 rings (SSSR count). The molecule has 11 heteroatoms. The maximum absolute atomic E-state index is 13.2. The zero-order valence-corrected chi connectivity index (χ0v) is 23.3. The van der Waals surface area contributed by atoms with Crippen molar-refractivity contribution in [2.75, 3.05) is 48.6 Å². The van der Waals surface area contributed by atoms with Crippen molar-refractivity contribution in [1.29, 1.82) is 0 Å². The first-order chi connectivity index (χ1) is 18.7. The molecule has 1 aliphatic heterocycles. The number of carbonyl (C=O) groups excluding carboxylic acids is 3. The average molecular weight is 544 g/mol.